The van der Waals surface area contributed by atoms with Gasteiger partial charge < -0.3 is 4.74 Å². The molecule has 6 heteroatoms. The normalized spacial score (nSPS) is 11.4. The zero-order valence-electron chi connectivity index (χ0n) is 12.0. The van der Waals surface area contributed by atoms with Crippen LogP contribution in [0.15, 0.2) is 41.9 Å². The van der Waals surface area contributed by atoms with Gasteiger partial charge in [-0.25, -0.2) is 9.37 Å². The van der Waals surface area contributed by atoms with E-state index in [0.717, 1.165) is 0 Å². The summed E-state index contributed by atoms with van der Waals surface area (Å²) in [5, 5.41) is 1.86. The van der Waals surface area contributed by atoms with Gasteiger partial charge in [-0.3, -0.25) is 9.20 Å². The van der Waals surface area contributed by atoms with Crippen LogP contribution in [0.3, 0.4) is 0 Å². The summed E-state index contributed by atoms with van der Waals surface area (Å²) in [5.41, 5.74) is 1.62. The average Bonchev–Trinajstić information content (AvgIpc) is 3.08. The van der Waals surface area contributed by atoms with Gasteiger partial charge in [0.05, 0.1) is 7.11 Å². The van der Waals surface area contributed by atoms with Gasteiger partial charge in [-0.05, 0) is 31.2 Å². The first-order valence-electron chi connectivity index (χ1n) is 6.62. The highest BCUT2D eigenvalue weighted by atomic mass is 32.1. The summed E-state index contributed by atoms with van der Waals surface area (Å²) in [4.78, 5) is 17.6. The second-order valence-corrected chi connectivity index (χ2v) is 5.45. The Labute approximate surface area is 130 Å². The molecule has 112 valence electrons. The molecule has 0 amide bonds. The molecule has 3 rings (SSSR count). The summed E-state index contributed by atoms with van der Waals surface area (Å²) < 4.78 is 20.3. The quantitative estimate of drug-likeness (QED) is 0.540. The second-order valence-electron chi connectivity index (χ2n) is 4.58. The number of methoxy groups -OCH3 is 1. The van der Waals surface area contributed by atoms with Crippen molar-refractivity contribution in [1.82, 2.24) is 9.38 Å². The molecule has 0 aliphatic heterocycles. The molecule has 3 aromatic rings. The van der Waals surface area contributed by atoms with Crippen LogP contribution in [0.1, 0.15) is 17.4 Å². The van der Waals surface area contributed by atoms with E-state index in [2.05, 4.69) is 4.98 Å². The fourth-order valence-electron chi connectivity index (χ4n) is 2.26. The lowest BCUT2D eigenvalue weighted by molar-refractivity contribution is 0.104. The number of aromatic nitrogens is 2. The van der Waals surface area contributed by atoms with Gasteiger partial charge in [-0.1, -0.05) is 6.08 Å². The van der Waals surface area contributed by atoms with Gasteiger partial charge in [0.1, 0.15) is 11.4 Å². The molecular formula is C16H13FN2O2S. The van der Waals surface area contributed by atoms with Crippen molar-refractivity contribution in [2.24, 2.45) is 0 Å². The van der Waals surface area contributed by atoms with Crippen LogP contribution in [0.5, 0.6) is 5.75 Å². The van der Waals surface area contributed by atoms with Crippen molar-refractivity contribution < 1.29 is 13.9 Å². The molecule has 0 saturated carbocycles. The lowest BCUT2D eigenvalue weighted by atomic mass is 10.1. The SMILES string of the molecule is C/C=C/C(=O)c1c(-c2ccc(F)c(OC)c2)nc2sccn12. The Balaban J connectivity index is 2.24. The van der Waals surface area contributed by atoms with Crippen LogP contribution < -0.4 is 4.74 Å². The zero-order valence-corrected chi connectivity index (χ0v) is 12.9. The number of imidazole rings is 1. The Bertz CT molecular complexity index is 880. The molecule has 0 fully saturated rings. The number of rotatable bonds is 4. The van der Waals surface area contributed by atoms with Crippen molar-refractivity contribution in [2.75, 3.05) is 7.11 Å². The molecule has 0 N–H and O–H groups in total. The molecule has 22 heavy (non-hydrogen) atoms. The van der Waals surface area contributed by atoms with Crippen molar-refractivity contribution in [2.45, 2.75) is 6.92 Å². The number of thiazole rings is 1. The molecule has 0 unspecified atom stereocenters. The van der Waals surface area contributed by atoms with Gasteiger partial charge in [0.25, 0.3) is 0 Å². The smallest absolute Gasteiger partial charge is 0.204 e. The third kappa shape index (κ3) is 2.31. The van der Waals surface area contributed by atoms with Crippen LogP contribution in [-0.4, -0.2) is 22.3 Å². The predicted molar refractivity (Wildman–Crippen MR) is 84.2 cm³/mol. The molecule has 0 atom stereocenters. The molecule has 0 spiro atoms. The number of carbonyl (C=O) groups is 1. The van der Waals surface area contributed by atoms with Crippen LogP contribution in [0.2, 0.25) is 0 Å². The maximum atomic E-state index is 13.6. The van der Waals surface area contributed by atoms with Crippen molar-refractivity contribution in [3.8, 4) is 17.0 Å². The van der Waals surface area contributed by atoms with Crippen LogP contribution in [0.4, 0.5) is 4.39 Å². The van der Waals surface area contributed by atoms with Gasteiger partial charge in [-0.15, -0.1) is 11.3 Å². The summed E-state index contributed by atoms with van der Waals surface area (Å²) in [6.45, 7) is 1.78. The van der Waals surface area contributed by atoms with Gasteiger partial charge in [-0.2, -0.15) is 0 Å². The standard InChI is InChI=1S/C16H13FN2O2S/c1-3-4-12(20)15-14(18-16-19(15)7-8-22-16)10-5-6-11(17)13(9-10)21-2/h3-9H,1-2H3/b4-3+. The van der Waals surface area contributed by atoms with Gasteiger partial charge >= 0.3 is 0 Å². The second kappa shape index (κ2) is 5.73. The highest BCUT2D eigenvalue weighted by molar-refractivity contribution is 7.15. The number of ketones is 1. The molecule has 2 heterocycles. The number of fused-ring (bicyclic) bond motifs is 1. The summed E-state index contributed by atoms with van der Waals surface area (Å²) in [6, 6.07) is 4.45. The van der Waals surface area contributed by atoms with Crippen LogP contribution >= 0.6 is 11.3 Å². The van der Waals surface area contributed by atoms with E-state index in [1.807, 2.05) is 5.38 Å². The fraction of sp³-hybridized carbons (Fsp3) is 0.125. The number of nitrogens with zero attached hydrogens (tertiary/aromatic N) is 2. The van der Waals surface area contributed by atoms with E-state index in [1.54, 1.807) is 35.7 Å². The Kier molecular flexibility index (Phi) is 3.77. The molecule has 0 saturated heterocycles. The minimum atomic E-state index is -0.450. The van der Waals surface area contributed by atoms with E-state index in [-0.39, 0.29) is 11.5 Å². The van der Waals surface area contributed by atoms with E-state index < -0.39 is 5.82 Å². The number of ether oxygens (including phenoxy) is 1. The highest BCUT2D eigenvalue weighted by Crippen LogP contribution is 2.30. The van der Waals surface area contributed by atoms with E-state index in [1.165, 1.54) is 30.6 Å². The van der Waals surface area contributed by atoms with Crippen molar-refractivity contribution in [1.29, 1.82) is 0 Å². The molecule has 2 aromatic heterocycles. The molecule has 0 aliphatic rings. The fourth-order valence-corrected chi connectivity index (χ4v) is 2.97. The number of hydrogen-bond acceptors (Lipinski definition) is 4. The van der Waals surface area contributed by atoms with Crippen LogP contribution in [0.25, 0.3) is 16.2 Å². The Hall–Kier alpha value is -2.47. The lowest BCUT2D eigenvalue weighted by Crippen LogP contribution is -2.01. The van der Waals surface area contributed by atoms with Crippen LogP contribution in [0, 0.1) is 5.82 Å². The van der Waals surface area contributed by atoms with Gasteiger partial charge in [0.2, 0.25) is 5.78 Å². The summed E-state index contributed by atoms with van der Waals surface area (Å²) in [7, 11) is 1.40. The van der Waals surface area contributed by atoms with Crippen molar-refractivity contribution in [3.05, 3.63) is 53.4 Å². The first-order chi connectivity index (χ1) is 10.7. The van der Waals surface area contributed by atoms with E-state index in [4.69, 9.17) is 4.74 Å². The van der Waals surface area contributed by atoms with Crippen LogP contribution in [-0.2, 0) is 0 Å². The van der Waals surface area contributed by atoms with E-state index in [9.17, 15) is 9.18 Å². The summed E-state index contributed by atoms with van der Waals surface area (Å²) in [5.74, 6) is -0.474. The predicted octanol–water partition coefficient (Wildman–Crippen LogP) is 3.97. The largest absolute Gasteiger partial charge is 0.494 e. The third-order valence-corrected chi connectivity index (χ3v) is 3.99. The molecule has 1 aromatic carbocycles. The Morgan fingerprint density at radius 1 is 1.45 bits per heavy atom. The number of benzene rings is 1. The minimum absolute atomic E-state index is 0.123. The molecule has 4 nitrogen and oxygen atoms in total. The Morgan fingerprint density at radius 2 is 2.27 bits per heavy atom. The topological polar surface area (TPSA) is 43.6 Å². The van der Waals surface area contributed by atoms with E-state index in [0.29, 0.717) is 21.9 Å². The van der Waals surface area contributed by atoms with Crippen molar-refractivity contribution in [3.63, 3.8) is 0 Å². The first-order valence-corrected chi connectivity index (χ1v) is 7.50. The summed E-state index contributed by atoms with van der Waals surface area (Å²) in [6.07, 6.45) is 4.97. The number of halogens is 1. The van der Waals surface area contributed by atoms with Gasteiger partial charge in [0, 0.05) is 17.1 Å². The van der Waals surface area contributed by atoms with Crippen molar-refractivity contribution >= 4 is 22.1 Å². The van der Waals surface area contributed by atoms with E-state index >= 15 is 0 Å². The highest BCUT2D eigenvalue weighted by Gasteiger charge is 2.20. The molecule has 0 bridgehead atoms. The zero-order chi connectivity index (χ0) is 15.7. The average molecular weight is 316 g/mol. The Morgan fingerprint density at radius 3 is 3.00 bits per heavy atom. The molecule has 0 radical (unpaired) electrons. The van der Waals surface area contributed by atoms with Gasteiger partial charge in [0.15, 0.2) is 16.5 Å². The number of allylic oxidation sites excluding steroid dienone is 2. The monoisotopic (exact) mass is 316 g/mol. The maximum Gasteiger partial charge on any atom is 0.204 e. The first kappa shape index (κ1) is 14.5. The summed E-state index contributed by atoms with van der Waals surface area (Å²) >= 11 is 1.44. The third-order valence-electron chi connectivity index (χ3n) is 3.24. The molecular weight excluding hydrogens is 303 g/mol. The number of carbonyl (C=O) groups excluding carboxylic acids is 1. The minimum Gasteiger partial charge on any atom is -0.494 e. The lowest BCUT2D eigenvalue weighted by Gasteiger charge is -2.05. The number of hydrogen-bond donors (Lipinski definition) is 0. The molecule has 0 aliphatic carbocycles. The maximum absolute atomic E-state index is 13.6.